The fourth-order valence-electron chi connectivity index (χ4n) is 1.92. The number of carbonyl (C=O) groups is 2. The van der Waals surface area contributed by atoms with Gasteiger partial charge in [0.05, 0.1) is 14.2 Å². The zero-order chi connectivity index (χ0) is 15.1. The lowest BCUT2D eigenvalue weighted by atomic mass is 9.92. The molecular formula is C15H19FO4. The average molecular weight is 282 g/mol. The topological polar surface area (TPSA) is 52.6 Å². The number of carbonyl (C=O) groups excluding carboxylic acids is 2. The molecule has 1 unspecified atom stereocenters. The van der Waals surface area contributed by atoms with Crippen LogP contribution < -0.4 is 4.74 Å². The van der Waals surface area contributed by atoms with Crippen LogP contribution in [-0.2, 0) is 9.53 Å². The third-order valence-electron chi connectivity index (χ3n) is 3.08. The molecule has 0 saturated carbocycles. The van der Waals surface area contributed by atoms with E-state index in [0.717, 1.165) is 18.9 Å². The second-order valence-electron chi connectivity index (χ2n) is 4.43. The van der Waals surface area contributed by atoms with Gasteiger partial charge in [-0.1, -0.05) is 19.8 Å². The summed E-state index contributed by atoms with van der Waals surface area (Å²) in [6.07, 6.45) is 2.03. The number of hydrogen-bond donors (Lipinski definition) is 0. The van der Waals surface area contributed by atoms with Crippen LogP contribution in [0.15, 0.2) is 18.2 Å². The van der Waals surface area contributed by atoms with Gasteiger partial charge < -0.3 is 9.47 Å². The van der Waals surface area contributed by atoms with E-state index in [9.17, 15) is 14.0 Å². The van der Waals surface area contributed by atoms with Gasteiger partial charge in [0.2, 0.25) is 0 Å². The zero-order valence-electron chi connectivity index (χ0n) is 11.9. The molecule has 1 aromatic rings. The van der Waals surface area contributed by atoms with Crippen LogP contribution in [-0.4, -0.2) is 26.0 Å². The molecule has 0 aliphatic rings. The third-order valence-corrected chi connectivity index (χ3v) is 3.08. The molecule has 0 aromatic heterocycles. The average Bonchev–Trinajstić information content (AvgIpc) is 2.47. The summed E-state index contributed by atoms with van der Waals surface area (Å²) >= 11 is 0. The van der Waals surface area contributed by atoms with Crippen LogP contribution >= 0.6 is 0 Å². The van der Waals surface area contributed by atoms with Gasteiger partial charge in [-0.15, -0.1) is 0 Å². The molecule has 4 nitrogen and oxygen atoms in total. The minimum atomic E-state index is -0.852. The maximum absolute atomic E-state index is 13.3. The molecule has 0 saturated heterocycles. The number of hydrogen-bond acceptors (Lipinski definition) is 4. The van der Waals surface area contributed by atoms with Crippen molar-refractivity contribution >= 4 is 11.8 Å². The number of ether oxygens (including phenoxy) is 2. The minimum Gasteiger partial charge on any atom is -0.494 e. The Hall–Kier alpha value is -1.91. The zero-order valence-corrected chi connectivity index (χ0v) is 11.9. The molecule has 0 spiro atoms. The summed E-state index contributed by atoms with van der Waals surface area (Å²) in [5, 5.41) is 0. The van der Waals surface area contributed by atoms with E-state index < -0.39 is 17.7 Å². The lowest BCUT2D eigenvalue weighted by Crippen LogP contribution is -2.25. The van der Waals surface area contributed by atoms with Crippen LogP contribution in [0.1, 0.15) is 36.5 Å². The van der Waals surface area contributed by atoms with Crippen LogP contribution in [0.5, 0.6) is 5.75 Å². The monoisotopic (exact) mass is 282 g/mol. The summed E-state index contributed by atoms with van der Waals surface area (Å²) in [5.41, 5.74) is 0.245. The Morgan fingerprint density at radius 1 is 1.30 bits per heavy atom. The van der Waals surface area contributed by atoms with E-state index in [1.54, 1.807) is 0 Å². The van der Waals surface area contributed by atoms with E-state index in [2.05, 4.69) is 4.74 Å². The molecule has 0 radical (unpaired) electrons. The highest BCUT2D eigenvalue weighted by atomic mass is 19.1. The molecule has 0 fully saturated rings. The molecule has 5 heteroatoms. The van der Waals surface area contributed by atoms with Crippen LogP contribution in [0.25, 0.3) is 0 Å². The largest absolute Gasteiger partial charge is 0.494 e. The van der Waals surface area contributed by atoms with Crippen molar-refractivity contribution in [1.82, 2.24) is 0 Å². The lowest BCUT2D eigenvalue weighted by molar-refractivity contribution is -0.143. The first-order valence-corrected chi connectivity index (χ1v) is 6.50. The molecule has 1 aromatic carbocycles. The predicted octanol–water partition coefficient (Wildman–Crippen LogP) is 3.00. The molecule has 0 bridgehead atoms. The number of methoxy groups -OCH3 is 2. The number of rotatable bonds is 7. The van der Waals surface area contributed by atoms with Gasteiger partial charge in [0.1, 0.15) is 5.92 Å². The summed E-state index contributed by atoms with van der Waals surface area (Å²) in [6.45, 7) is 1.97. The van der Waals surface area contributed by atoms with Crippen molar-refractivity contribution in [2.75, 3.05) is 14.2 Å². The second kappa shape index (κ2) is 7.62. The standard InChI is InChI=1S/C15H19FO4/c1-4-5-6-11(15(18)20-3)14(17)10-7-8-12(16)13(9-10)19-2/h7-9,11H,4-6H2,1-3H3. The Kier molecular flexibility index (Phi) is 6.15. The molecule has 0 aliphatic heterocycles. The van der Waals surface area contributed by atoms with Crippen molar-refractivity contribution in [3.8, 4) is 5.75 Å². The Balaban J connectivity index is 3.02. The first-order chi connectivity index (χ1) is 9.54. The summed E-state index contributed by atoms with van der Waals surface area (Å²) in [7, 11) is 2.57. The number of benzene rings is 1. The predicted molar refractivity (Wildman–Crippen MR) is 72.3 cm³/mol. The molecule has 0 heterocycles. The van der Waals surface area contributed by atoms with Crippen molar-refractivity contribution in [2.45, 2.75) is 26.2 Å². The van der Waals surface area contributed by atoms with Crippen molar-refractivity contribution in [3.63, 3.8) is 0 Å². The van der Waals surface area contributed by atoms with E-state index in [0.29, 0.717) is 6.42 Å². The van der Waals surface area contributed by atoms with Gasteiger partial charge in [-0.3, -0.25) is 9.59 Å². The summed E-state index contributed by atoms with van der Waals surface area (Å²) < 4.78 is 22.8. The van der Waals surface area contributed by atoms with Gasteiger partial charge >= 0.3 is 5.97 Å². The molecule has 1 rings (SSSR count). The maximum Gasteiger partial charge on any atom is 0.316 e. The molecule has 0 aliphatic carbocycles. The van der Waals surface area contributed by atoms with E-state index in [1.807, 2.05) is 6.92 Å². The van der Waals surface area contributed by atoms with Crippen molar-refractivity contribution in [1.29, 1.82) is 0 Å². The number of esters is 1. The van der Waals surface area contributed by atoms with Gasteiger partial charge in [-0.05, 0) is 24.6 Å². The molecule has 110 valence electrons. The maximum atomic E-state index is 13.3. The van der Waals surface area contributed by atoms with Crippen molar-refractivity contribution in [3.05, 3.63) is 29.6 Å². The Morgan fingerprint density at radius 2 is 2.00 bits per heavy atom. The summed E-state index contributed by atoms with van der Waals surface area (Å²) in [6, 6.07) is 3.81. The Bertz CT molecular complexity index is 485. The van der Waals surface area contributed by atoms with Gasteiger partial charge in [0.25, 0.3) is 0 Å². The highest BCUT2D eigenvalue weighted by Gasteiger charge is 2.28. The van der Waals surface area contributed by atoms with Gasteiger partial charge in [-0.25, -0.2) is 4.39 Å². The van der Waals surface area contributed by atoms with Crippen LogP contribution in [0.4, 0.5) is 4.39 Å². The summed E-state index contributed by atoms with van der Waals surface area (Å²) in [5.74, 6) is -2.35. The normalized spacial score (nSPS) is 11.8. The van der Waals surface area contributed by atoms with E-state index in [-0.39, 0.29) is 17.1 Å². The van der Waals surface area contributed by atoms with E-state index >= 15 is 0 Å². The number of ketones is 1. The van der Waals surface area contributed by atoms with E-state index in [1.165, 1.54) is 26.4 Å². The van der Waals surface area contributed by atoms with Crippen molar-refractivity contribution < 1.29 is 23.5 Å². The minimum absolute atomic E-state index is 0.0186. The molecule has 1 atom stereocenters. The highest BCUT2D eigenvalue weighted by molar-refractivity contribution is 6.08. The Labute approximate surface area is 117 Å². The quantitative estimate of drug-likeness (QED) is 0.438. The van der Waals surface area contributed by atoms with E-state index in [4.69, 9.17) is 4.74 Å². The lowest BCUT2D eigenvalue weighted by Gasteiger charge is -2.14. The first kappa shape index (κ1) is 16.1. The van der Waals surface area contributed by atoms with Crippen LogP contribution in [0, 0.1) is 11.7 Å². The third kappa shape index (κ3) is 3.79. The number of halogens is 1. The fraction of sp³-hybridized carbons (Fsp3) is 0.467. The molecule has 20 heavy (non-hydrogen) atoms. The molecule has 0 N–H and O–H groups in total. The first-order valence-electron chi connectivity index (χ1n) is 6.50. The SMILES string of the molecule is CCCCC(C(=O)OC)C(=O)c1ccc(F)c(OC)c1. The van der Waals surface area contributed by atoms with Gasteiger partial charge in [-0.2, -0.15) is 0 Å². The second-order valence-corrected chi connectivity index (χ2v) is 4.43. The van der Waals surface area contributed by atoms with Crippen LogP contribution in [0.2, 0.25) is 0 Å². The van der Waals surface area contributed by atoms with Gasteiger partial charge in [0, 0.05) is 5.56 Å². The van der Waals surface area contributed by atoms with Gasteiger partial charge in [0.15, 0.2) is 17.3 Å². The smallest absolute Gasteiger partial charge is 0.316 e. The fourth-order valence-corrected chi connectivity index (χ4v) is 1.92. The molecule has 0 amide bonds. The summed E-state index contributed by atoms with van der Waals surface area (Å²) in [4.78, 5) is 24.1. The van der Waals surface area contributed by atoms with Crippen LogP contribution in [0.3, 0.4) is 0 Å². The highest BCUT2D eigenvalue weighted by Crippen LogP contribution is 2.23. The van der Waals surface area contributed by atoms with Crippen molar-refractivity contribution in [2.24, 2.45) is 5.92 Å². The number of unbranched alkanes of at least 4 members (excludes halogenated alkanes) is 1. The number of Topliss-reactive ketones (excluding diaryl/α,β-unsaturated/α-hetero) is 1. The molecular weight excluding hydrogens is 263 g/mol. The Morgan fingerprint density at radius 3 is 2.55 bits per heavy atom.